The lowest BCUT2D eigenvalue weighted by molar-refractivity contribution is 0.168. The van der Waals surface area contributed by atoms with Crippen molar-refractivity contribution in [2.45, 2.75) is 44.6 Å². The van der Waals surface area contributed by atoms with E-state index in [9.17, 15) is 4.79 Å². The Morgan fingerprint density at radius 1 is 1.17 bits per heavy atom. The molecule has 0 bridgehead atoms. The molecule has 194 valence electrons. The molecule has 2 aromatic heterocycles. The number of nitrogens with two attached hydrogens (primary N) is 1. The number of likely N-dealkylation sites (tertiary alicyclic amines) is 1. The molecular formula is C26H33Cl2N5O3. The van der Waals surface area contributed by atoms with Crippen molar-refractivity contribution in [2.75, 3.05) is 38.7 Å². The fourth-order valence-corrected chi connectivity index (χ4v) is 4.89. The van der Waals surface area contributed by atoms with Gasteiger partial charge in [0.15, 0.2) is 11.5 Å². The highest BCUT2D eigenvalue weighted by atomic mass is 35.5. The number of hydrogen-bond donors (Lipinski definition) is 3. The third-order valence-corrected chi connectivity index (χ3v) is 7.20. The van der Waals surface area contributed by atoms with Gasteiger partial charge in [0.25, 0.3) is 5.56 Å². The van der Waals surface area contributed by atoms with E-state index in [1.165, 1.54) is 18.5 Å². The second-order valence-electron chi connectivity index (χ2n) is 9.57. The van der Waals surface area contributed by atoms with Gasteiger partial charge in [-0.2, -0.15) is 0 Å². The van der Waals surface area contributed by atoms with Crippen LogP contribution in [0.3, 0.4) is 0 Å². The molecular weight excluding hydrogens is 501 g/mol. The lowest BCUT2D eigenvalue weighted by Gasteiger charge is -2.36. The van der Waals surface area contributed by atoms with Crippen molar-refractivity contribution in [2.24, 2.45) is 5.73 Å². The quantitative estimate of drug-likeness (QED) is 0.302. The first kappa shape index (κ1) is 26.5. The van der Waals surface area contributed by atoms with E-state index in [0.717, 1.165) is 57.1 Å². The average molecular weight is 534 g/mol. The number of rotatable bonds is 10. The van der Waals surface area contributed by atoms with E-state index in [4.69, 9.17) is 38.4 Å². The molecule has 1 aliphatic rings. The molecule has 4 rings (SSSR count). The summed E-state index contributed by atoms with van der Waals surface area (Å²) in [6.07, 6.45) is 8.12. The lowest BCUT2D eigenvalue weighted by atomic mass is 9.91. The average Bonchev–Trinajstić information content (AvgIpc) is 2.84. The molecule has 1 fully saturated rings. The minimum absolute atomic E-state index is 0.0188. The van der Waals surface area contributed by atoms with Gasteiger partial charge in [-0.25, -0.2) is 0 Å². The van der Waals surface area contributed by atoms with Crippen molar-refractivity contribution >= 4 is 45.5 Å². The summed E-state index contributed by atoms with van der Waals surface area (Å²) in [5.41, 5.74) is 7.49. The number of anilines is 2. The number of nitrogens with one attached hydrogen (secondary N) is 2. The zero-order chi connectivity index (χ0) is 25.7. The van der Waals surface area contributed by atoms with Crippen LogP contribution in [0.2, 0.25) is 10.0 Å². The molecule has 0 spiro atoms. The van der Waals surface area contributed by atoms with Gasteiger partial charge in [0, 0.05) is 29.4 Å². The van der Waals surface area contributed by atoms with Crippen molar-refractivity contribution in [1.29, 1.82) is 0 Å². The van der Waals surface area contributed by atoms with Crippen LogP contribution in [0.4, 0.5) is 11.4 Å². The molecule has 0 saturated carbocycles. The largest absolute Gasteiger partial charge is 0.493 e. The van der Waals surface area contributed by atoms with Gasteiger partial charge in [-0.3, -0.25) is 9.78 Å². The van der Waals surface area contributed by atoms with Gasteiger partial charge in [-0.05, 0) is 70.8 Å². The summed E-state index contributed by atoms with van der Waals surface area (Å²) in [6.45, 7) is 5.86. The molecule has 10 heteroatoms. The van der Waals surface area contributed by atoms with Gasteiger partial charge in [0.2, 0.25) is 0 Å². The van der Waals surface area contributed by atoms with Gasteiger partial charge >= 0.3 is 0 Å². The minimum Gasteiger partial charge on any atom is -0.493 e. The summed E-state index contributed by atoms with van der Waals surface area (Å²) in [4.78, 5) is 21.9. The number of methoxy groups -OCH3 is 1. The van der Waals surface area contributed by atoms with Crippen molar-refractivity contribution in [1.82, 2.24) is 14.9 Å². The number of aromatic amines is 1. The fraction of sp³-hybridized carbons (Fsp3) is 0.462. The van der Waals surface area contributed by atoms with E-state index in [0.29, 0.717) is 45.0 Å². The van der Waals surface area contributed by atoms with Crippen LogP contribution in [0.1, 0.15) is 39.0 Å². The molecule has 8 nitrogen and oxygen atoms in total. The van der Waals surface area contributed by atoms with E-state index in [2.05, 4.69) is 27.1 Å². The number of H-pyrrole nitrogens is 1. The predicted octanol–water partition coefficient (Wildman–Crippen LogP) is 5.34. The van der Waals surface area contributed by atoms with Crippen molar-refractivity contribution in [3.8, 4) is 11.5 Å². The Morgan fingerprint density at radius 2 is 1.89 bits per heavy atom. The monoisotopic (exact) mass is 533 g/mol. The number of aromatic nitrogens is 2. The molecule has 4 N–H and O–H groups in total. The van der Waals surface area contributed by atoms with E-state index in [-0.39, 0.29) is 11.1 Å². The number of ether oxygens (including phenoxy) is 2. The normalized spacial score (nSPS) is 15.7. The van der Waals surface area contributed by atoms with Crippen LogP contribution in [0.15, 0.2) is 35.4 Å². The van der Waals surface area contributed by atoms with Gasteiger partial charge in [0.1, 0.15) is 0 Å². The highest BCUT2D eigenvalue weighted by molar-refractivity contribution is 6.39. The predicted molar refractivity (Wildman–Crippen MR) is 146 cm³/mol. The Kier molecular flexibility index (Phi) is 8.62. The number of piperidine rings is 1. The van der Waals surface area contributed by atoms with Crippen LogP contribution in [-0.4, -0.2) is 53.8 Å². The molecule has 3 aromatic rings. The SMILES string of the molecule is COc1ccc2c(Nc3c(Cl)cncc3Cl)cc(=O)[nH]c2c1OCCCCCN1CCC(C)(N)CC1. The lowest BCUT2D eigenvalue weighted by Crippen LogP contribution is -2.48. The zero-order valence-corrected chi connectivity index (χ0v) is 22.2. The van der Waals surface area contributed by atoms with Gasteiger partial charge in [-0.1, -0.05) is 23.2 Å². The van der Waals surface area contributed by atoms with E-state index >= 15 is 0 Å². The summed E-state index contributed by atoms with van der Waals surface area (Å²) >= 11 is 12.5. The number of nitrogens with zero attached hydrogens (tertiary/aromatic N) is 2. The van der Waals surface area contributed by atoms with Crippen LogP contribution < -0.4 is 26.1 Å². The third kappa shape index (κ3) is 6.42. The number of benzene rings is 1. The second-order valence-corrected chi connectivity index (χ2v) is 10.4. The van der Waals surface area contributed by atoms with Crippen LogP contribution >= 0.6 is 23.2 Å². The number of halogens is 2. The van der Waals surface area contributed by atoms with Crippen molar-refractivity contribution in [3.05, 3.63) is 51.0 Å². The van der Waals surface area contributed by atoms with Crippen molar-refractivity contribution < 1.29 is 9.47 Å². The molecule has 0 amide bonds. The Labute approximate surface area is 221 Å². The number of unbranched alkanes of at least 4 members (excludes halogenated alkanes) is 2. The first-order valence-electron chi connectivity index (χ1n) is 12.2. The molecule has 36 heavy (non-hydrogen) atoms. The van der Waals surface area contributed by atoms with Crippen LogP contribution in [0, 0.1) is 0 Å². The van der Waals surface area contributed by atoms with Gasteiger partial charge in [-0.15, -0.1) is 0 Å². The summed E-state index contributed by atoms with van der Waals surface area (Å²) < 4.78 is 11.7. The Morgan fingerprint density at radius 3 is 2.58 bits per heavy atom. The maximum atomic E-state index is 12.5. The summed E-state index contributed by atoms with van der Waals surface area (Å²) in [5, 5.41) is 4.62. The van der Waals surface area contributed by atoms with Crippen LogP contribution in [0.5, 0.6) is 11.5 Å². The second kappa shape index (κ2) is 11.7. The molecule has 0 radical (unpaired) electrons. The van der Waals surface area contributed by atoms with E-state index in [1.807, 2.05) is 12.1 Å². The fourth-order valence-electron chi connectivity index (χ4n) is 4.43. The highest BCUT2D eigenvalue weighted by Crippen LogP contribution is 2.39. The molecule has 0 aliphatic carbocycles. The van der Waals surface area contributed by atoms with Gasteiger partial charge < -0.3 is 30.4 Å². The Bertz CT molecular complexity index is 1230. The van der Waals surface area contributed by atoms with E-state index in [1.54, 1.807) is 7.11 Å². The smallest absolute Gasteiger partial charge is 0.250 e. The Hall–Kier alpha value is -2.52. The summed E-state index contributed by atoms with van der Waals surface area (Å²) in [7, 11) is 1.58. The standard InChI is InChI=1S/C26H33Cl2N5O3/c1-26(29)8-11-33(12-9-26)10-4-3-5-13-36-25-21(35-2)7-6-17-20(14-22(34)32-23(17)25)31-24-18(27)15-30-16-19(24)28/h6-7,14-16H,3-5,8-13,29H2,1-2H3,(H2,30,31,32,34). The highest BCUT2D eigenvalue weighted by Gasteiger charge is 2.25. The minimum atomic E-state index is -0.292. The summed E-state index contributed by atoms with van der Waals surface area (Å²) in [6, 6.07) is 5.13. The van der Waals surface area contributed by atoms with E-state index < -0.39 is 0 Å². The molecule has 1 aromatic carbocycles. The first-order valence-corrected chi connectivity index (χ1v) is 13.0. The maximum absolute atomic E-state index is 12.5. The van der Waals surface area contributed by atoms with Crippen molar-refractivity contribution in [3.63, 3.8) is 0 Å². The first-order chi connectivity index (χ1) is 17.3. The third-order valence-electron chi connectivity index (χ3n) is 6.63. The summed E-state index contributed by atoms with van der Waals surface area (Å²) in [5.74, 6) is 1.05. The number of pyridine rings is 2. The van der Waals surface area contributed by atoms with Crippen LogP contribution in [0.25, 0.3) is 10.9 Å². The number of hydrogen-bond acceptors (Lipinski definition) is 7. The van der Waals surface area contributed by atoms with Crippen LogP contribution in [-0.2, 0) is 0 Å². The molecule has 3 heterocycles. The Balaban J connectivity index is 1.43. The molecule has 1 aliphatic heterocycles. The molecule has 0 unspecified atom stereocenters. The zero-order valence-electron chi connectivity index (χ0n) is 20.7. The maximum Gasteiger partial charge on any atom is 0.250 e. The van der Waals surface area contributed by atoms with Gasteiger partial charge in [0.05, 0.1) is 40.7 Å². The molecule has 0 atom stereocenters. The number of fused-ring (bicyclic) bond motifs is 1. The topological polar surface area (TPSA) is 105 Å². The molecule has 1 saturated heterocycles.